The maximum Gasteiger partial charge on any atom is 0.0603 e. The highest BCUT2D eigenvalue weighted by Crippen LogP contribution is 2.67. The molecule has 0 spiro atoms. The van der Waals surface area contributed by atoms with E-state index in [4.69, 9.17) is 4.94 Å². The Hall–Kier alpha value is -0.610. The van der Waals surface area contributed by atoms with Crippen LogP contribution in [0, 0.1) is 46.3 Å². The molecule has 4 aliphatic carbocycles. The van der Waals surface area contributed by atoms with Gasteiger partial charge in [-0.2, -0.15) is 0 Å². The maximum atomic E-state index is 5.16. The summed E-state index contributed by atoms with van der Waals surface area (Å²) in [5, 5.41) is 7.81. The number of hydrogen-bond acceptors (Lipinski definition) is 4. The van der Waals surface area contributed by atoms with Gasteiger partial charge in [0.1, 0.15) is 0 Å². The second kappa shape index (κ2) is 11.6. The van der Waals surface area contributed by atoms with E-state index in [0.29, 0.717) is 16.7 Å². The van der Waals surface area contributed by atoms with Crippen LogP contribution in [0.4, 0.5) is 0 Å². The van der Waals surface area contributed by atoms with Crippen molar-refractivity contribution in [1.29, 1.82) is 0 Å². The molecule has 5 rings (SSSR count). The van der Waals surface area contributed by atoms with Crippen molar-refractivity contribution in [3.05, 3.63) is 0 Å². The fourth-order valence-electron chi connectivity index (χ4n) is 9.49. The van der Waals surface area contributed by atoms with Crippen molar-refractivity contribution in [3.8, 4) is 0 Å². The summed E-state index contributed by atoms with van der Waals surface area (Å²) in [5.74, 6) is 5.44. The van der Waals surface area contributed by atoms with Crippen LogP contribution in [0.2, 0.25) is 0 Å². The van der Waals surface area contributed by atoms with Gasteiger partial charge in [0.15, 0.2) is 0 Å². The summed E-state index contributed by atoms with van der Waals surface area (Å²) in [7, 11) is 1.78. The van der Waals surface area contributed by atoms with Crippen LogP contribution in [0.3, 0.4) is 0 Å². The first-order valence-electron chi connectivity index (χ1n) is 14.4. The largest absolute Gasteiger partial charge is 0.314 e. The topological polar surface area (TPSA) is 45.6 Å². The van der Waals surface area contributed by atoms with E-state index in [9.17, 15) is 0 Å². The van der Waals surface area contributed by atoms with Crippen LogP contribution in [-0.2, 0) is 4.94 Å². The molecule has 0 aromatic heterocycles. The van der Waals surface area contributed by atoms with Gasteiger partial charge in [-0.1, -0.05) is 53.1 Å². The Labute approximate surface area is 213 Å². The number of rotatable bonds is 4. The third-order valence-corrected chi connectivity index (χ3v) is 11.3. The first-order chi connectivity index (χ1) is 15.8. The minimum Gasteiger partial charge on any atom is -0.314 e. The molecule has 0 amide bonds. The van der Waals surface area contributed by atoms with Crippen molar-refractivity contribution in [2.24, 2.45) is 51.5 Å². The summed E-state index contributed by atoms with van der Waals surface area (Å²) in [6, 6.07) is 0.824. The van der Waals surface area contributed by atoms with E-state index < -0.39 is 0 Å². The molecular formula is C30H59N3O. The smallest absolute Gasteiger partial charge is 0.0603 e. The third-order valence-electron chi connectivity index (χ3n) is 11.3. The molecule has 5 fully saturated rings. The molecule has 34 heavy (non-hydrogen) atoms. The SMILES string of the molecule is C.CCC1CC(C)CN1.CNO/N=C(\C)C1CCC2C3CCC4CCCCC4(C)C3CCC12C.[HH]. The first kappa shape index (κ1) is 28.0. The van der Waals surface area contributed by atoms with Crippen molar-refractivity contribution in [3.63, 3.8) is 0 Å². The van der Waals surface area contributed by atoms with Crippen molar-refractivity contribution < 1.29 is 6.36 Å². The molecule has 4 heteroatoms. The summed E-state index contributed by atoms with van der Waals surface area (Å²) in [6.07, 6.45) is 17.3. The molecule has 9 atom stereocenters. The lowest BCUT2D eigenvalue weighted by Crippen LogP contribution is -2.53. The fourth-order valence-corrected chi connectivity index (χ4v) is 9.49. The van der Waals surface area contributed by atoms with E-state index in [-0.39, 0.29) is 8.85 Å². The van der Waals surface area contributed by atoms with Crippen molar-refractivity contribution in [1.82, 2.24) is 10.8 Å². The van der Waals surface area contributed by atoms with Crippen molar-refractivity contribution >= 4 is 5.71 Å². The van der Waals surface area contributed by atoms with E-state index in [0.717, 1.165) is 35.6 Å². The van der Waals surface area contributed by atoms with Gasteiger partial charge in [-0.3, -0.25) is 0 Å². The van der Waals surface area contributed by atoms with Gasteiger partial charge in [-0.05, 0) is 118 Å². The number of hydrogen-bond donors (Lipinski definition) is 2. The summed E-state index contributed by atoms with van der Waals surface area (Å²) in [4.78, 5) is 5.16. The number of fused-ring (bicyclic) bond motifs is 5. The van der Waals surface area contributed by atoms with Crippen LogP contribution in [0.15, 0.2) is 5.16 Å². The maximum absolute atomic E-state index is 5.16. The van der Waals surface area contributed by atoms with E-state index in [1.165, 1.54) is 89.3 Å². The van der Waals surface area contributed by atoms with Crippen LogP contribution in [0.25, 0.3) is 0 Å². The lowest BCUT2D eigenvalue weighted by molar-refractivity contribution is -0.107. The highest BCUT2D eigenvalue weighted by atomic mass is 16.8. The number of oxime groups is 1. The Balaban J connectivity index is 0.000000372. The number of nitrogens with one attached hydrogen (secondary N) is 2. The first-order valence-corrected chi connectivity index (χ1v) is 14.4. The van der Waals surface area contributed by atoms with Gasteiger partial charge >= 0.3 is 0 Å². The summed E-state index contributed by atoms with van der Waals surface area (Å²) < 4.78 is 0. The second-order valence-electron chi connectivity index (χ2n) is 13.0. The third kappa shape index (κ3) is 5.24. The molecule has 4 nitrogen and oxygen atoms in total. The number of hydroxylamine groups is 1. The average Bonchev–Trinajstić information content (AvgIpc) is 3.40. The van der Waals surface area contributed by atoms with Gasteiger partial charge in [0, 0.05) is 20.4 Å². The Kier molecular flexibility index (Phi) is 9.57. The lowest BCUT2D eigenvalue weighted by Gasteiger charge is -2.60. The highest BCUT2D eigenvalue weighted by Gasteiger charge is 2.60. The molecule has 0 aromatic rings. The quantitative estimate of drug-likeness (QED) is 0.320. The standard InChI is InChI=1S/C22H38N2O.C7H15N.CH4.H2/c1-15(24-25-23-4)18-10-11-19-17-9-8-16-7-5-6-13-21(16,2)20(17)12-14-22(18,19)3;1-3-7-4-6(2)5-8-7;;/h16-20,23H,5-14H2,1-4H3;6-8H,3-5H2,1-2H3;1H4;1H/b24-15+;;;. The van der Waals surface area contributed by atoms with Gasteiger partial charge in [0.25, 0.3) is 0 Å². The second-order valence-corrected chi connectivity index (χ2v) is 13.0. The summed E-state index contributed by atoms with van der Waals surface area (Å²) in [5.41, 5.74) is 5.00. The molecule has 0 bridgehead atoms. The fraction of sp³-hybridized carbons (Fsp3) is 0.967. The predicted molar refractivity (Wildman–Crippen MR) is 148 cm³/mol. The van der Waals surface area contributed by atoms with Crippen LogP contribution >= 0.6 is 0 Å². The Morgan fingerprint density at radius 3 is 2.44 bits per heavy atom. The molecular weight excluding hydrogens is 418 g/mol. The molecule has 1 saturated heterocycles. The van der Waals surface area contributed by atoms with Gasteiger partial charge in [0.05, 0.1) is 5.71 Å². The summed E-state index contributed by atoms with van der Waals surface area (Å²) >= 11 is 0. The Bertz CT molecular complexity index is 687. The van der Waals surface area contributed by atoms with E-state index in [1.54, 1.807) is 7.05 Å². The van der Waals surface area contributed by atoms with Crippen LogP contribution in [-0.4, -0.2) is 25.3 Å². The van der Waals surface area contributed by atoms with Crippen LogP contribution in [0.1, 0.15) is 121 Å². The van der Waals surface area contributed by atoms with Gasteiger partial charge in [-0.25, -0.2) is 0 Å². The molecule has 9 unspecified atom stereocenters. The van der Waals surface area contributed by atoms with Crippen LogP contribution in [0.5, 0.6) is 0 Å². The monoisotopic (exact) mass is 477 g/mol. The number of nitrogens with zero attached hydrogens (tertiary/aromatic N) is 1. The highest BCUT2D eigenvalue weighted by molar-refractivity contribution is 5.85. The molecule has 200 valence electrons. The zero-order chi connectivity index (χ0) is 23.6. The minimum atomic E-state index is 0. The predicted octanol–water partition coefficient (Wildman–Crippen LogP) is 7.84. The Morgan fingerprint density at radius 1 is 1.03 bits per heavy atom. The molecule has 4 saturated carbocycles. The van der Waals surface area contributed by atoms with E-state index >= 15 is 0 Å². The molecule has 1 aliphatic heterocycles. The zero-order valence-corrected chi connectivity index (χ0v) is 22.6. The van der Waals surface area contributed by atoms with Crippen molar-refractivity contribution in [2.75, 3.05) is 13.6 Å². The van der Waals surface area contributed by atoms with E-state index in [2.05, 4.69) is 50.6 Å². The van der Waals surface area contributed by atoms with Gasteiger partial charge in [0.2, 0.25) is 0 Å². The molecule has 0 aromatic carbocycles. The van der Waals surface area contributed by atoms with Crippen molar-refractivity contribution in [2.45, 2.75) is 125 Å². The summed E-state index contributed by atoms with van der Waals surface area (Å²) in [6.45, 7) is 13.2. The average molecular weight is 478 g/mol. The van der Waals surface area contributed by atoms with Gasteiger partial charge in [-0.15, -0.1) is 5.48 Å². The van der Waals surface area contributed by atoms with Gasteiger partial charge < -0.3 is 10.3 Å². The zero-order valence-electron chi connectivity index (χ0n) is 22.6. The minimum absolute atomic E-state index is 0. The Morgan fingerprint density at radius 2 is 1.79 bits per heavy atom. The molecule has 5 aliphatic rings. The molecule has 2 N–H and O–H groups in total. The molecule has 0 radical (unpaired) electrons. The molecule has 1 heterocycles. The van der Waals surface area contributed by atoms with Crippen LogP contribution < -0.4 is 10.8 Å². The van der Waals surface area contributed by atoms with E-state index in [1.807, 2.05) is 0 Å². The lowest BCUT2D eigenvalue weighted by atomic mass is 9.45. The normalized spacial score (nSPS) is 45.7.